The number of anilines is 1. The van der Waals surface area contributed by atoms with Crippen LogP contribution in [-0.4, -0.2) is 5.78 Å². The molecule has 0 saturated heterocycles. The second-order valence-electron chi connectivity index (χ2n) is 2.75. The van der Waals surface area contributed by atoms with Gasteiger partial charge in [-0.1, -0.05) is 37.9 Å². The normalized spacial score (nSPS) is 12.5. The van der Waals surface area contributed by atoms with Crippen molar-refractivity contribution >= 4 is 43.3 Å². The van der Waals surface area contributed by atoms with Crippen LogP contribution in [0.5, 0.6) is 0 Å². The zero-order valence-corrected chi connectivity index (χ0v) is 10.2. The van der Waals surface area contributed by atoms with Gasteiger partial charge in [-0.3, -0.25) is 4.79 Å². The van der Waals surface area contributed by atoms with E-state index < -0.39 is 0 Å². The molecule has 0 spiro atoms. The predicted molar refractivity (Wildman–Crippen MR) is 60.9 cm³/mol. The van der Waals surface area contributed by atoms with Crippen molar-refractivity contribution in [3.8, 4) is 0 Å². The maximum atomic E-state index is 11.1. The van der Waals surface area contributed by atoms with Crippen LogP contribution in [0.3, 0.4) is 0 Å². The van der Waals surface area contributed by atoms with Gasteiger partial charge in [-0.15, -0.1) is 0 Å². The van der Waals surface area contributed by atoms with Gasteiger partial charge in [-0.05, 0) is 24.6 Å². The van der Waals surface area contributed by atoms with E-state index in [1.807, 2.05) is 6.07 Å². The van der Waals surface area contributed by atoms with Gasteiger partial charge in [0.15, 0.2) is 0 Å². The van der Waals surface area contributed by atoms with Gasteiger partial charge in [0, 0.05) is 10.2 Å². The SMILES string of the molecule is CC(=O)C(Br)c1ccc(N)cc1Br. The summed E-state index contributed by atoms with van der Waals surface area (Å²) in [5.41, 5.74) is 7.16. The highest BCUT2D eigenvalue weighted by Gasteiger charge is 2.15. The van der Waals surface area contributed by atoms with Crippen LogP contribution < -0.4 is 5.73 Å². The highest BCUT2D eigenvalue weighted by molar-refractivity contribution is 9.11. The molecule has 0 radical (unpaired) electrons. The molecule has 2 N–H and O–H groups in total. The van der Waals surface area contributed by atoms with Gasteiger partial charge in [0.2, 0.25) is 0 Å². The molecule has 0 fully saturated rings. The fraction of sp³-hybridized carbons (Fsp3) is 0.222. The fourth-order valence-corrected chi connectivity index (χ4v) is 2.30. The summed E-state index contributed by atoms with van der Waals surface area (Å²) in [5.74, 6) is 0.0745. The monoisotopic (exact) mass is 305 g/mol. The molecule has 1 aromatic carbocycles. The summed E-state index contributed by atoms with van der Waals surface area (Å²) in [4.78, 5) is 10.8. The maximum absolute atomic E-state index is 11.1. The molecule has 0 bridgehead atoms. The minimum absolute atomic E-state index is 0.0745. The van der Waals surface area contributed by atoms with Gasteiger partial charge in [0.05, 0.1) is 4.83 Å². The number of benzene rings is 1. The topological polar surface area (TPSA) is 43.1 Å². The van der Waals surface area contributed by atoms with E-state index in [-0.39, 0.29) is 10.6 Å². The Kier molecular flexibility index (Phi) is 3.50. The second-order valence-corrected chi connectivity index (χ2v) is 4.52. The quantitative estimate of drug-likeness (QED) is 0.674. The van der Waals surface area contributed by atoms with E-state index in [9.17, 15) is 4.79 Å². The number of ketones is 1. The van der Waals surface area contributed by atoms with E-state index in [0.717, 1.165) is 10.0 Å². The van der Waals surface area contributed by atoms with Crippen LogP contribution in [0.15, 0.2) is 22.7 Å². The molecule has 0 aromatic heterocycles. The summed E-state index contributed by atoms with van der Waals surface area (Å²) in [5, 5.41) is 0. The van der Waals surface area contributed by atoms with Crippen molar-refractivity contribution in [3.63, 3.8) is 0 Å². The molecule has 1 atom stereocenters. The Bertz CT molecular complexity index is 338. The van der Waals surface area contributed by atoms with Crippen LogP contribution in [-0.2, 0) is 4.79 Å². The fourth-order valence-electron chi connectivity index (χ4n) is 0.968. The Morgan fingerprint density at radius 1 is 1.54 bits per heavy atom. The van der Waals surface area contributed by atoms with Crippen LogP contribution in [0.4, 0.5) is 5.69 Å². The first-order chi connectivity index (χ1) is 6.02. The highest BCUT2D eigenvalue weighted by atomic mass is 79.9. The molecule has 0 amide bonds. The third-order valence-corrected chi connectivity index (χ3v) is 3.48. The lowest BCUT2D eigenvalue weighted by Gasteiger charge is -2.08. The lowest BCUT2D eigenvalue weighted by Crippen LogP contribution is -2.02. The number of carbonyl (C=O) groups is 1. The minimum Gasteiger partial charge on any atom is -0.399 e. The first-order valence-electron chi connectivity index (χ1n) is 3.72. The average Bonchev–Trinajstić information content (AvgIpc) is 2.03. The molecule has 0 aliphatic carbocycles. The van der Waals surface area contributed by atoms with E-state index in [0.29, 0.717) is 5.69 Å². The van der Waals surface area contributed by atoms with Crippen LogP contribution in [0, 0.1) is 0 Å². The Morgan fingerprint density at radius 2 is 2.15 bits per heavy atom. The van der Waals surface area contributed by atoms with Crippen molar-refractivity contribution in [1.29, 1.82) is 0 Å². The van der Waals surface area contributed by atoms with Gasteiger partial charge in [0.25, 0.3) is 0 Å². The lowest BCUT2D eigenvalue weighted by molar-refractivity contribution is -0.116. The summed E-state index contributed by atoms with van der Waals surface area (Å²) < 4.78 is 0.851. The number of hydrogen-bond acceptors (Lipinski definition) is 2. The zero-order valence-electron chi connectivity index (χ0n) is 7.05. The standard InChI is InChI=1S/C9H9Br2NO/c1-5(13)9(11)7-3-2-6(12)4-8(7)10/h2-4,9H,12H2,1H3. The third kappa shape index (κ3) is 2.54. The molecular formula is C9H9Br2NO. The third-order valence-electron chi connectivity index (χ3n) is 1.65. The Balaban J connectivity index is 3.08. The Morgan fingerprint density at radius 3 is 2.62 bits per heavy atom. The predicted octanol–water partition coefficient (Wildman–Crippen LogP) is 3.06. The molecule has 13 heavy (non-hydrogen) atoms. The number of nitrogens with two attached hydrogens (primary N) is 1. The van der Waals surface area contributed by atoms with Crippen LogP contribution in [0.1, 0.15) is 17.3 Å². The van der Waals surface area contributed by atoms with E-state index in [4.69, 9.17) is 5.73 Å². The number of nitrogen functional groups attached to an aromatic ring is 1. The summed E-state index contributed by atoms with van der Waals surface area (Å²) in [6, 6.07) is 5.39. The van der Waals surface area contributed by atoms with Gasteiger partial charge >= 0.3 is 0 Å². The van der Waals surface area contributed by atoms with Gasteiger partial charge in [0.1, 0.15) is 5.78 Å². The number of rotatable bonds is 2. The van der Waals surface area contributed by atoms with E-state index >= 15 is 0 Å². The number of hydrogen-bond donors (Lipinski definition) is 1. The number of Topliss-reactive ketones (excluding diaryl/α,β-unsaturated/α-hetero) is 1. The molecule has 1 rings (SSSR count). The molecule has 0 heterocycles. The van der Waals surface area contributed by atoms with Crippen LogP contribution >= 0.6 is 31.9 Å². The van der Waals surface area contributed by atoms with Crippen molar-refractivity contribution in [2.45, 2.75) is 11.8 Å². The summed E-state index contributed by atoms with van der Waals surface area (Å²) in [6.07, 6.45) is 0. The Hall–Kier alpha value is -0.350. The molecule has 0 saturated carbocycles. The smallest absolute Gasteiger partial charge is 0.147 e. The number of halogens is 2. The van der Waals surface area contributed by atoms with Crippen LogP contribution in [0.2, 0.25) is 0 Å². The first-order valence-corrected chi connectivity index (χ1v) is 5.42. The van der Waals surface area contributed by atoms with Gasteiger partial charge < -0.3 is 5.73 Å². The number of alkyl halides is 1. The molecule has 1 unspecified atom stereocenters. The lowest BCUT2D eigenvalue weighted by atomic mass is 10.1. The zero-order chi connectivity index (χ0) is 10.0. The molecule has 4 heteroatoms. The highest BCUT2D eigenvalue weighted by Crippen LogP contribution is 2.31. The second kappa shape index (κ2) is 4.24. The average molecular weight is 307 g/mol. The largest absolute Gasteiger partial charge is 0.399 e. The molecule has 1 aromatic rings. The molecule has 2 nitrogen and oxygen atoms in total. The number of carbonyl (C=O) groups excluding carboxylic acids is 1. The Labute approximate surface area is 93.8 Å². The van der Waals surface area contributed by atoms with E-state index in [2.05, 4.69) is 31.9 Å². The molecule has 0 aliphatic heterocycles. The van der Waals surface area contributed by atoms with Gasteiger partial charge in [-0.2, -0.15) is 0 Å². The van der Waals surface area contributed by atoms with Crippen LogP contribution in [0.25, 0.3) is 0 Å². The molecular weight excluding hydrogens is 298 g/mol. The summed E-state index contributed by atoms with van der Waals surface area (Å²) in [6.45, 7) is 1.54. The van der Waals surface area contributed by atoms with Crippen molar-refractivity contribution in [2.75, 3.05) is 5.73 Å². The first kappa shape index (κ1) is 10.7. The van der Waals surface area contributed by atoms with Crippen molar-refractivity contribution in [2.24, 2.45) is 0 Å². The van der Waals surface area contributed by atoms with Gasteiger partial charge in [-0.25, -0.2) is 0 Å². The van der Waals surface area contributed by atoms with E-state index in [1.54, 1.807) is 19.1 Å². The maximum Gasteiger partial charge on any atom is 0.147 e. The van der Waals surface area contributed by atoms with Crippen molar-refractivity contribution < 1.29 is 4.79 Å². The molecule has 70 valence electrons. The minimum atomic E-state index is -0.262. The summed E-state index contributed by atoms with van der Waals surface area (Å²) in [7, 11) is 0. The van der Waals surface area contributed by atoms with E-state index in [1.165, 1.54) is 0 Å². The van der Waals surface area contributed by atoms with Crippen molar-refractivity contribution in [3.05, 3.63) is 28.2 Å². The summed E-state index contributed by atoms with van der Waals surface area (Å²) >= 11 is 6.66. The molecule has 0 aliphatic rings. The van der Waals surface area contributed by atoms with Crippen molar-refractivity contribution in [1.82, 2.24) is 0 Å².